The molecule has 0 saturated carbocycles. The molecule has 27 heavy (non-hydrogen) atoms. The maximum atomic E-state index is 12.9. The molecule has 0 bridgehead atoms. The molecule has 5 nitrogen and oxygen atoms in total. The minimum Gasteiger partial charge on any atom is -0.355 e. The van der Waals surface area contributed by atoms with Gasteiger partial charge in [-0.25, -0.2) is 0 Å². The number of nitrogens with one attached hydrogen (secondary N) is 1. The molecular weight excluding hydrogens is 336 g/mol. The van der Waals surface area contributed by atoms with Crippen molar-refractivity contribution >= 4 is 22.5 Å². The molecule has 5 heteroatoms. The first-order chi connectivity index (χ1) is 13.2. The Labute approximate surface area is 159 Å². The molecule has 0 radical (unpaired) electrons. The van der Waals surface area contributed by atoms with Gasteiger partial charge < -0.3 is 10.2 Å². The van der Waals surface area contributed by atoms with Crippen LogP contribution in [0.3, 0.4) is 0 Å². The van der Waals surface area contributed by atoms with Crippen LogP contribution in [-0.4, -0.2) is 29.2 Å². The lowest BCUT2D eigenvalue weighted by Gasteiger charge is -2.28. The SMILES string of the molecule is C[C@H](NC(=O)c1nnc(N2CCCCC2)c2ccccc12)c1ccccc1. The van der Waals surface area contributed by atoms with Crippen LogP contribution in [0.1, 0.15) is 48.3 Å². The second-order valence-electron chi connectivity index (χ2n) is 7.07. The minimum absolute atomic E-state index is 0.0963. The number of carbonyl (C=O) groups excluding carboxylic acids is 1. The molecule has 1 N–H and O–H groups in total. The van der Waals surface area contributed by atoms with E-state index in [4.69, 9.17) is 0 Å². The lowest BCUT2D eigenvalue weighted by atomic mass is 10.1. The number of piperidine rings is 1. The third-order valence-corrected chi connectivity index (χ3v) is 5.19. The first-order valence-electron chi connectivity index (χ1n) is 9.60. The third kappa shape index (κ3) is 3.63. The number of anilines is 1. The normalized spacial score (nSPS) is 15.5. The first-order valence-corrected chi connectivity index (χ1v) is 9.60. The average molecular weight is 360 g/mol. The molecule has 3 aromatic rings. The zero-order chi connectivity index (χ0) is 18.6. The van der Waals surface area contributed by atoms with Gasteiger partial charge in [-0.15, -0.1) is 10.2 Å². The van der Waals surface area contributed by atoms with Crippen LogP contribution in [0.4, 0.5) is 5.82 Å². The quantitative estimate of drug-likeness (QED) is 0.761. The van der Waals surface area contributed by atoms with Crippen molar-refractivity contribution in [3.63, 3.8) is 0 Å². The molecule has 0 aliphatic carbocycles. The summed E-state index contributed by atoms with van der Waals surface area (Å²) in [5, 5.41) is 13.7. The molecule has 1 aromatic heterocycles. The van der Waals surface area contributed by atoms with E-state index in [0.29, 0.717) is 5.69 Å². The summed E-state index contributed by atoms with van der Waals surface area (Å²) in [7, 11) is 0. The van der Waals surface area contributed by atoms with E-state index < -0.39 is 0 Å². The second kappa shape index (κ2) is 7.74. The molecule has 2 heterocycles. The van der Waals surface area contributed by atoms with Gasteiger partial charge in [0.05, 0.1) is 6.04 Å². The van der Waals surface area contributed by atoms with Crippen LogP contribution in [-0.2, 0) is 0 Å². The summed E-state index contributed by atoms with van der Waals surface area (Å²) in [4.78, 5) is 15.2. The van der Waals surface area contributed by atoms with Gasteiger partial charge in [-0.05, 0) is 31.7 Å². The van der Waals surface area contributed by atoms with Crippen molar-refractivity contribution in [2.24, 2.45) is 0 Å². The highest BCUT2D eigenvalue weighted by Gasteiger charge is 2.21. The summed E-state index contributed by atoms with van der Waals surface area (Å²) < 4.78 is 0. The van der Waals surface area contributed by atoms with Gasteiger partial charge in [0.25, 0.3) is 5.91 Å². The summed E-state index contributed by atoms with van der Waals surface area (Å²) in [5.41, 5.74) is 1.45. The van der Waals surface area contributed by atoms with Crippen LogP contribution >= 0.6 is 0 Å². The van der Waals surface area contributed by atoms with Crippen LogP contribution in [0.15, 0.2) is 54.6 Å². The Morgan fingerprint density at radius 3 is 2.33 bits per heavy atom. The van der Waals surface area contributed by atoms with Crippen molar-refractivity contribution in [1.82, 2.24) is 15.5 Å². The lowest BCUT2D eigenvalue weighted by Crippen LogP contribution is -2.32. The zero-order valence-electron chi connectivity index (χ0n) is 15.6. The molecule has 1 atom stereocenters. The van der Waals surface area contributed by atoms with Crippen LogP contribution in [0.25, 0.3) is 10.8 Å². The van der Waals surface area contributed by atoms with Gasteiger partial charge in [-0.3, -0.25) is 4.79 Å². The fourth-order valence-corrected chi connectivity index (χ4v) is 3.69. The van der Waals surface area contributed by atoms with E-state index in [0.717, 1.165) is 35.2 Å². The number of rotatable bonds is 4. The monoisotopic (exact) mass is 360 g/mol. The topological polar surface area (TPSA) is 58.1 Å². The summed E-state index contributed by atoms with van der Waals surface area (Å²) >= 11 is 0. The average Bonchev–Trinajstić information content (AvgIpc) is 2.74. The number of hydrogen-bond acceptors (Lipinski definition) is 4. The second-order valence-corrected chi connectivity index (χ2v) is 7.07. The molecule has 2 aromatic carbocycles. The van der Waals surface area contributed by atoms with Gasteiger partial charge in [0, 0.05) is 23.9 Å². The lowest BCUT2D eigenvalue weighted by molar-refractivity contribution is 0.0936. The van der Waals surface area contributed by atoms with Gasteiger partial charge >= 0.3 is 0 Å². The van der Waals surface area contributed by atoms with E-state index in [1.807, 2.05) is 61.5 Å². The Kier molecular flexibility index (Phi) is 5.01. The van der Waals surface area contributed by atoms with Crippen LogP contribution in [0.2, 0.25) is 0 Å². The Morgan fingerprint density at radius 1 is 0.926 bits per heavy atom. The van der Waals surface area contributed by atoms with E-state index in [2.05, 4.69) is 20.4 Å². The zero-order valence-corrected chi connectivity index (χ0v) is 15.6. The highest BCUT2D eigenvalue weighted by atomic mass is 16.2. The number of hydrogen-bond donors (Lipinski definition) is 1. The molecule has 1 amide bonds. The molecule has 4 rings (SSSR count). The Bertz CT molecular complexity index is 935. The Balaban J connectivity index is 1.65. The number of carbonyl (C=O) groups is 1. The molecule has 0 unspecified atom stereocenters. The molecular formula is C22H24N4O. The van der Waals surface area contributed by atoms with E-state index in [1.54, 1.807) is 0 Å². The summed E-state index contributed by atoms with van der Waals surface area (Å²) in [6.45, 7) is 3.97. The standard InChI is InChI=1S/C22H24N4O/c1-16(17-10-4-2-5-11-17)23-22(27)20-18-12-6-7-13-19(18)21(25-24-20)26-14-8-3-9-15-26/h2,4-7,10-13,16H,3,8-9,14-15H2,1H3,(H,23,27)/t16-/m0/s1. The van der Waals surface area contributed by atoms with Crippen LogP contribution in [0.5, 0.6) is 0 Å². The maximum absolute atomic E-state index is 12.9. The molecule has 1 saturated heterocycles. The highest BCUT2D eigenvalue weighted by molar-refractivity contribution is 6.07. The number of benzene rings is 2. The number of aromatic nitrogens is 2. The van der Waals surface area contributed by atoms with Gasteiger partial charge in [0.15, 0.2) is 11.5 Å². The van der Waals surface area contributed by atoms with E-state index >= 15 is 0 Å². The van der Waals surface area contributed by atoms with Crippen molar-refractivity contribution in [2.45, 2.75) is 32.2 Å². The van der Waals surface area contributed by atoms with Gasteiger partial charge in [-0.1, -0.05) is 54.6 Å². The van der Waals surface area contributed by atoms with Crippen LogP contribution < -0.4 is 10.2 Å². The molecule has 138 valence electrons. The summed E-state index contributed by atoms with van der Waals surface area (Å²) in [6, 6.07) is 17.8. The van der Waals surface area contributed by atoms with Crippen molar-refractivity contribution in [1.29, 1.82) is 0 Å². The first kappa shape index (κ1) is 17.5. The summed E-state index contributed by atoms with van der Waals surface area (Å²) in [5.74, 6) is 0.693. The highest BCUT2D eigenvalue weighted by Crippen LogP contribution is 2.28. The molecule has 1 fully saturated rings. The van der Waals surface area contributed by atoms with Gasteiger partial charge in [0.1, 0.15) is 0 Å². The molecule has 1 aliphatic heterocycles. The third-order valence-electron chi connectivity index (χ3n) is 5.19. The maximum Gasteiger partial charge on any atom is 0.272 e. The van der Waals surface area contributed by atoms with Gasteiger partial charge in [-0.2, -0.15) is 0 Å². The van der Waals surface area contributed by atoms with Crippen molar-refractivity contribution in [2.75, 3.05) is 18.0 Å². The molecule has 0 spiro atoms. The van der Waals surface area contributed by atoms with Crippen molar-refractivity contribution in [3.05, 3.63) is 65.9 Å². The van der Waals surface area contributed by atoms with Crippen LogP contribution in [0, 0.1) is 0 Å². The Morgan fingerprint density at radius 2 is 1.59 bits per heavy atom. The predicted molar refractivity (Wildman–Crippen MR) is 108 cm³/mol. The predicted octanol–water partition coefficient (Wildman–Crippen LogP) is 4.11. The van der Waals surface area contributed by atoms with E-state index in [9.17, 15) is 4.79 Å². The number of amides is 1. The minimum atomic E-state index is -0.194. The molecule has 1 aliphatic rings. The Hall–Kier alpha value is -2.95. The number of nitrogens with zero attached hydrogens (tertiary/aromatic N) is 3. The summed E-state index contributed by atoms with van der Waals surface area (Å²) in [6.07, 6.45) is 3.61. The largest absolute Gasteiger partial charge is 0.355 e. The van der Waals surface area contributed by atoms with Gasteiger partial charge in [0.2, 0.25) is 0 Å². The fourth-order valence-electron chi connectivity index (χ4n) is 3.69. The van der Waals surface area contributed by atoms with E-state index in [-0.39, 0.29) is 11.9 Å². The number of fused-ring (bicyclic) bond motifs is 1. The van der Waals surface area contributed by atoms with E-state index in [1.165, 1.54) is 19.3 Å². The fraction of sp³-hybridized carbons (Fsp3) is 0.318. The van der Waals surface area contributed by atoms with Crippen molar-refractivity contribution < 1.29 is 4.79 Å². The smallest absolute Gasteiger partial charge is 0.272 e. The van der Waals surface area contributed by atoms with Crippen molar-refractivity contribution in [3.8, 4) is 0 Å².